The summed E-state index contributed by atoms with van der Waals surface area (Å²) < 4.78 is 5.34. The van der Waals surface area contributed by atoms with E-state index in [1.54, 1.807) is 0 Å². The minimum Gasteiger partial charge on any atom is -0.459 e. The predicted molar refractivity (Wildman–Crippen MR) is 46.8 cm³/mol. The van der Waals surface area contributed by atoms with Crippen LogP contribution in [0.15, 0.2) is 16.5 Å². The van der Waals surface area contributed by atoms with Crippen LogP contribution in [0.25, 0.3) is 10.8 Å². The summed E-state index contributed by atoms with van der Waals surface area (Å²) in [6.07, 6.45) is 0. The molecule has 0 spiro atoms. The van der Waals surface area contributed by atoms with E-state index in [0.717, 1.165) is 16.5 Å². The summed E-state index contributed by atoms with van der Waals surface area (Å²) in [5, 5.41) is 8.72. The van der Waals surface area contributed by atoms with Crippen LogP contribution in [0, 0.1) is 6.92 Å². The number of hydrogen-bond acceptors (Lipinski definition) is 5. The molecule has 4 nitrogen and oxygen atoms in total. The third-order valence-corrected chi connectivity index (χ3v) is 2.16. The van der Waals surface area contributed by atoms with Gasteiger partial charge in [0.25, 0.3) is 0 Å². The van der Waals surface area contributed by atoms with Gasteiger partial charge in [0.05, 0.1) is 0 Å². The van der Waals surface area contributed by atoms with Gasteiger partial charge in [0, 0.05) is 0 Å². The standard InChI is InChI=1S/C7H7N3OS/c1-4-2-3-5(11-4)6-9-10-7(8)12-6/h2-3H,1H3,(H2,8,10). The molecule has 0 aromatic carbocycles. The van der Waals surface area contributed by atoms with Gasteiger partial charge in [-0.15, -0.1) is 10.2 Å². The van der Waals surface area contributed by atoms with Crippen molar-refractivity contribution in [3.63, 3.8) is 0 Å². The number of rotatable bonds is 1. The third-order valence-electron chi connectivity index (χ3n) is 1.39. The van der Waals surface area contributed by atoms with E-state index in [1.807, 2.05) is 19.1 Å². The van der Waals surface area contributed by atoms with Gasteiger partial charge in [-0.05, 0) is 19.1 Å². The third kappa shape index (κ3) is 1.18. The summed E-state index contributed by atoms with van der Waals surface area (Å²) in [5.41, 5.74) is 5.43. The van der Waals surface area contributed by atoms with Gasteiger partial charge in [-0.25, -0.2) is 0 Å². The summed E-state index contributed by atoms with van der Waals surface area (Å²) >= 11 is 1.32. The SMILES string of the molecule is Cc1ccc(-c2nnc(N)s2)o1. The lowest BCUT2D eigenvalue weighted by Crippen LogP contribution is -1.79. The van der Waals surface area contributed by atoms with Crippen molar-refractivity contribution in [3.05, 3.63) is 17.9 Å². The number of hydrogen-bond donors (Lipinski definition) is 1. The van der Waals surface area contributed by atoms with Crippen molar-refractivity contribution < 1.29 is 4.42 Å². The van der Waals surface area contributed by atoms with Crippen LogP contribution in [-0.2, 0) is 0 Å². The number of aromatic nitrogens is 2. The molecule has 62 valence electrons. The number of nitrogens with zero attached hydrogens (tertiary/aromatic N) is 2. The zero-order valence-corrected chi connectivity index (χ0v) is 7.26. The fraction of sp³-hybridized carbons (Fsp3) is 0.143. The van der Waals surface area contributed by atoms with E-state index >= 15 is 0 Å². The van der Waals surface area contributed by atoms with Crippen molar-refractivity contribution in [2.24, 2.45) is 0 Å². The molecule has 0 fully saturated rings. The quantitative estimate of drug-likeness (QED) is 0.727. The molecule has 0 saturated carbocycles. The van der Waals surface area contributed by atoms with Crippen molar-refractivity contribution >= 4 is 16.5 Å². The molecule has 0 unspecified atom stereocenters. The summed E-state index contributed by atoms with van der Waals surface area (Å²) in [5.74, 6) is 1.58. The molecule has 2 aromatic rings. The maximum absolute atomic E-state index is 5.43. The van der Waals surface area contributed by atoms with Crippen LogP contribution >= 0.6 is 11.3 Å². The molecule has 0 radical (unpaired) electrons. The Morgan fingerprint density at radius 1 is 1.42 bits per heavy atom. The highest BCUT2D eigenvalue weighted by Crippen LogP contribution is 2.25. The Labute approximate surface area is 73.0 Å². The molecule has 0 amide bonds. The van der Waals surface area contributed by atoms with E-state index in [-0.39, 0.29) is 0 Å². The Morgan fingerprint density at radius 3 is 2.75 bits per heavy atom. The van der Waals surface area contributed by atoms with Gasteiger partial charge in [-0.3, -0.25) is 0 Å². The lowest BCUT2D eigenvalue weighted by molar-refractivity contribution is 0.547. The summed E-state index contributed by atoms with van der Waals surface area (Å²) in [6, 6.07) is 3.74. The first kappa shape index (κ1) is 7.30. The van der Waals surface area contributed by atoms with Crippen molar-refractivity contribution in [1.82, 2.24) is 10.2 Å². The molecule has 2 rings (SSSR count). The highest BCUT2D eigenvalue weighted by Gasteiger charge is 2.07. The fourth-order valence-corrected chi connectivity index (χ4v) is 1.46. The minimum atomic E-state index is 0.457. The summed E-state index contributed by atoms with van der Waals surface area (Å²) in [7, 11) is 0. The Morgan fingerprint density at radius 2 is 2.25 bits per heavy atom. The molecule has 5 heteroatoms. The molecule has 0 atom stereocenters. The Kier molecular flexibility index (Phi) is 1.58. The normalized spacial score (nSPS) is 10.4. The van der Waals surface area contributed by atoms with Crippen molar-refractivity contribution in [1.29, 1.82) is 0 Å². The first-order valence-electron chi connectivity index (χ1n) is 3.41. The van der Waals surface area contributed by atoms with Crippen LogP contribution in [-0.4, -0.2) is 10.2 Å². The lowest BCUT2D eigenvalue weighted by Gasteiger charge is -1.84. The minimum absolute atomic E-state index is 0.457. The van der Waals surface area contributed by atoms with E-state index in [2.05, 4.69) is 10.2 Å². The van der Waals surface area contributed by atoms with Gasteiger partial charge >= 0.3 is 0 Å². The van der Waals surface area contributed by atoms with Gasteiger partial charge in [-0.1, -0.05) is 11.3 Å². The second kappa shape index (κ2) is 2.60. The molecule has 12 heavy (non-hydrogen) atoms. The van der Waals surface area contributed by atoms with E-state index in [9.17, 15) is 0 Å². The van der Waals surface area contributed by atoms with E-state index in [4.69, 9.17) is 10.2 Å². The second-order valence-electron chi connectivity index (χ2n) is 2.36. The molecule has 0 bridgehead atoms. The summed E-state index contributed by atoms with van der Waals surface area (Å²) in [6.45, 7) is 1.88. The second-order valence-corrected chi connectivity index (χ2v) is 3.36. The maximum atomic E-state index is 5.43. The van der Waals surface area contributed by atoms with Gasteiger partial charge in [0.1, 0.15) is 5.76 Å². The Balaban J connectivity index is 2.43. The average molecular weight is 181 g/mol. The lowest BCUT2D eigenvalue weighted by atomic mass is 10.4. The molecule has 0 aliphatic carbocycles. The van der Waals surface area contributed by atoms with E-state index < -0.39 is 0 Å². The van der Waals surface area contributed by atoms with Crippen LogP contribution in [0.3, 0.4) is 0 Å². The van der Waals surface area contributed by atoms with Gasteiger partial charge in [-0.2, -0.15) is 0 Å². The zero-order chi connectivity index (χ0) is 8.55. The fourth-order valence-electron chi connectivity index (χ4n) is 0.884. The van der Waals surface area contributed by atoms with Crippen LogP contribution in [0.1, 0.15) is 5.76 Å². The molecule has 0 saturated heterocycles. The molecule has 0 aliphatic rings. The van der Waals surface area contributed by atoms with E-state index in [1.165, 1.54) is 11.3 Å². The smallest absolute Gasteiger partial charge is 0.203 e. The van der Waals surface area contributed by atoms with Crippen LogP contribution in [0.2, 0.25) is 0 Å². The van der Waals surface area contributed by atoms with E-state index in [0.29, 0.717) is 5.13 Å². The number of nitrogen functional groups attached to an aromatic ring is 1. The highest BCUT2D eigenvalue weighted by atomic mass is 32.1. The number of furan rings is 1. The molecule has 0 aliphatic heterocycles. The maximum Gasteiger partial charge on any atom is 0.203 e. The first-order valence-corrected chi connectivity index (χ1v) is 4.23. The first-order chi connectivity index (χ1) is 5.75. The van der Waals surface area contributed by atoms with Crippen LogP contribution in [0.4, 0.5) is 5.13 Å². The summed E-state index contributed by atoms with van der Waals surface area (Å²) in [4.78, 5) is 0. The van der Waals surface area contributed by atoms with Crippen LogP contribution < -0.4 is 5.73 Å². The molecule has 2 N–H and O–H groups in total. The van der Waals surface area contributed by atoms with Crippen molar-refractivity contribution in [2.75, 3.05) is 5.73 Å². The highest BCUT2D eigenvalue weighted by molar-refractivity contribution is 7.18. The average Bonchev–Trinajstić information content (AvgIpc) is 2.58. The molecule has 2 aromatic heterocycles. The van der Waals surface area contributed by atoms with Crippen LogP contribution in [0.5, 0.6) is 0 Å². The monoisotopic (exact) mass is 181 g/mol. The number of aryl methyl sites for hydroxylation is 1. The topological polar surface area (TPSA) is 64.9 Å². The molecule has 2 heterocycles. The number of anilines is 1. The van der Waals surface area contributed by atoms with Crippen molar-refractivity contribution in [3.8, 4) is 10.8 Å². The molecular formula is C7H7N3OS. The zero-order valence-electron chi connectivity index (χ0n) is 6.44. The Hall–Kier alpha value is -1.36. The Bertz CT molecular complexity index is 355. The molecular weight excluding hydrogens is 174 g/mol. The van der Waals surface area contributed by atoms with Gasteiger partial charge in [0.15, 0.2) is 10.8 Å². The van der Waals surface area contributed by atoms with Gasteiger partial charge in [0.2, 0.25) is 5.13 Å². The van der Waals surface area contributed by atoms with Gasteiger partial charge < -0.3 is 10.2 Å². The predicted octanol–water partition coefficient (Wildman–Crippen LogP) is 1.69. The van der Waals surface area contributed by atoms with Crippen molar-refractivity contribution in [2.45, 2.75) is 6.92 Å². The largest absolute Gasteiger partial charge is 0.459 e. The number of nitrogens with two attached hydrogens (primary N) is 1.